The summed E-state index contributed by atoms with van der Waals surface area (Å²) in [6, 6.07) is 11.5. The number of carbonyl (C=O) groups excluding carboxylic acids is 1. The van der Waals surface area contributed by atoms with Gasteiger partial charge in [-0.25, -0.2) is 4.98 Å². The van der Waals surface area contributed by atoms with E-state index < -0.39 is 0 Å². The second-order valence-electron chi connectivity index (χ2n) is 4.60. The molecule has 0 N–H and O–H groups in total. The SMILES string of the molecule is O=C(Cc1ccsc1)OCc1cc2ccccc2nc1Cl. The molecule has 0 atom stereocenters. The van der Waals surface area contributed by atoms with E-state index in [4.69, 9.17) is 16.3 Å². The van der Waals surface area contributed by atoms with E-state index in [9.17, 15) is 4.79 Å². The van der Waals surface area contributed by atoms with Gasteiger partial charge in [-0.15, -0.1) is 0 Å². The summed E-state index contributed by atoms with van der Waals surface area (Å²) in [7, 11) is 0. The van der Waals surface area contributed by atoms with Crippen molar-refractivity contribution in [2.45, 2.75) is 13.0 Å². The predicted molar refractivity (Wildman–Crippen MR) is 84.6 cm³/mol. The van der Waals surface area contributed by atoms with E-state index in [1.165, 1.54) is 0 Å². The Labute approximate surface area is 131 Å². The molecule has 0 spiro atoms. The summed E-state index contributed by atoms with van der Waals surface area (Å²) < 4.78 is 5.27. The van der Waals surface area contributed by atoms with Gasteiger partial charge in [0.05, 0.1) is 11.9 Å². The molecule has 0 fully saturated rings. The maximum Gasteiger partial charge on any atom is 0.310 e. The summed E-state index contributed by atoms with van der Waals surface area (Å²) in [5.41, 5.74) is 2.51. The third kappa shape index (κ3) is 3.40. The van der Waals surface area contributed by atoms with E-state index in [0.717, 1.165) is 16.5 Å². The minimum atomic E-state index is -0.266. The summed E-state index contributed by atoms with van der Waals surface area (Å²) in [5, 5.41) is 5.22. The van der Waals surface area contributed by atoms with Crippen LogP contribution in [0.4, 0.5) is 0 Å². The summed E-state index contributed by atoms with van der Waals surface area (Å²) in [6.07, 6.45) is 0.280. The summed E-state index contributed by atoms with van der Waals surface area (Å²) in [5.74, 6) is -0.266. The zero-order valence-corrected chi connectivity index (χ0v) is 12.7. The van der Waals surface area contributed by atoms with Crippen molar-refractivity contribution in [3.8, 4) is 0 Å². The van der Waals surface area contributed by atoms with Gasteiger partial charge in [-0.1, -0.05) is 29.8 Å². The Morgan fingerprint density at radius 1 is 1.29 bits per heavy atom. The van der Waals surface area contributed by atoms with Crippen molar-refractivity contribution in [1.29, 1.82) is 0 Å². The molecule has 0 saturated carbocycles. The number of thiophene rings is 1. The van der Waals surface area contributed by atoms with Crippen LogP contribution in [0.1, 0.15) is 11.1 Å². The van der Waals surface area contributed by atoms with Crippen LogP contribution in [0.25, 0.3) is 10.9 Å². The molecule has 0 unspecified atom stereocenters. The lowest BCUT2D eigenvalue weighted by atomic mass is 10.2. The first-order chi connectivity index (χ1) is 10.2. The van der Waals surface area contributed by atoms with Gasteiger partial charge in [0.15, 0.2) is 0 Å². The molecule has 106 valence electrons. The number of ether oxygens (including phenoxy) is 1. The average molecular weight is 318 g/mol. The lowest BCUT2D eigenvalue weighted by Crippen LogP contribution is -2.08. The van der Waals surface area contributed by atoms with Crippen LogP contribution in [0.3, 0.4) is 0 Å². The standard InChI is InChI=1S/C16H12ClNO2S/c17-16-13(8-12-3-1-2-4-14(12)18-16)9-20-15(19)7-11-5-6-21-10-11/h1-6,8,10H,7,9H2. The molecule has 0 radical (unpaired) electrons. The van der Waals surface area contributed by atoms with Crippen LogP contribution in [-0.2, 0) is 22.6 Å². The molecule has 3 nitrogen and oxygen atoms in total. The number of halogens is 1. The number of fused-ring (bicyclic) bond motifs is 1. The molecule has 0 amide bonds. The Bertz CT molecular complexity index is 771. The van der Waals surface area contributed by atoms with E-state index in [1.807, 2.05) is 47.2 Å². The molecule has 21 heavy (non-hydrogen) atoms. The van der Waals surface area contributed by atoms with Crippen LogP contribution in [0.15, 0.2) is 47.2 Å². The van der Waals surface area contributed by atoms with Crippen LogP contribution in [0.5, 0.6) is 0 Å². The van der Waals surface area contributed by atoms with E-state index >= 15 is 0 Å². The summed E-state index contributed by atoms with van der Waals surface area (Å²) in [4.78, 5) is 16.1. The van der Waals surface area contributed by atoms with Crippen molar-refractivity contribution in [2.75, 3.05) is 0 Å². The number of para-hydroxylation sites is 1. The highest BCUT2D eigenvalue weighted by Crippen LogP contribution is 2.21. The molecule has 1 aromatic carbocycles. The van der Waals surface area contributed by atoms with Gasteiger partial charge >= 0.3 is 5.97 Å². The van der Waals surface area contributed by atoms with Crippen molar-refractivity contribution in [3.05, 3.63) is 63.4 Å². The largest absolute Gasteiger partial charge is 0.460 e. The Hall–Kier alpha value is -1.91. The lowest BCUT2D eigenvalue weighted by Gasteiger charge is -2.07. The Morgan fingerprint density at radius 3 is 2.95 bits per heavy atom. The fourth-order valence-corrected chi connectivity index (χ4v) is 2.88. The number of carbonyl (C=O) groups is 1. The Kier molecular flexibility index (Phi) is 4.18. The van der Waals surface area contributed by atoms with Crippen molar-refractivity contribution in [1.82, 2.24) is 4.98 Å². The molecule has 2 heterocycles. The van der Waals surface area contributed by atoms with Gasteiger partial charge in [-0.3, -0.25) is 4.79 Å². The average Bonchev–Trinajstić information content (AvgIpc) is 2.98. The van der Waals surface area contributed by atoms with Crippen LogP contribution in [0, 0.1) is 0 Å². The van der Waals surface area contributed by atoms with Gasteiger partial charge in [0.25, 0.3) is 0 Å². The minimum Gasteiger partial charge on any atom is -0.460 e. The molecule has 0 aliphatic carbocycles. The quantitative estimate of drug-likeness (QED) is 0.534. The first kappa shape index (κ1) is 14.0. The molecular formula is C16H12ClNO2S. The maximum absolute atomic E-state index is 11.8. The van der Waals surface area contributed by atoms with Gasteiger partial charge in [0, 0.05) is 10.9 Å². The number of rotatable bonds is 4. The minimum absolute atomic E-state index is 0.139. The molecule has 0 aliphatic heterocycles. The number of pyridine rings is 1. The molecule has 5 heteroatoms. The van der Waals surface area contributed by atoms with Crippen LogP contribution in [-0.4, -0.2) is 11.0 Å². The second kappa shape index (κ2) is 6.24. The third-order valence-electron chi connectivity index (χ3n) is 3.07. The molecule has 3 rings (SSSR count). The zero-order chi connectivity index (χ0) is 14.7. The summed E-state index contributed by atoms with van der Waals surface area (Å²) in [6.45, 7) is 0.139. The number of benzene rings is 1. The monoisotopic (exact) mass is 317 g/mol. The molecule has 2 aromatic heterocycles. The topological polar surface area (TPSA) is 39.2 Å². The summed E-state index contributed by atoms with van der Waals surface area (Å²) >= 11 is 7.69. The van der Waals surface area contributed by atoms with Crippen molar-refractivity contribution >= 4 is 39.8 Å². The van der Waals surface area contributed by atoms with Gasteiger partial charge in [0.2, 0.25) is 0 Å². The van der Waals surface area contributed by atoms with Gasteiger partial charge in [0.1, 0.15) is 11.8 Å². The van der Waals surface area contributed by atoms with Crippen molar-refractivity contribution in [3.63, 3.8) is 0 Å². The highest BCUT2D eigenvalue weighted by Gasteiger charge is 2.09. The Morgan fingerprint density at radius 2 is 2.14 bits per heavy atom. The van der Waals surface area contributed by atoms with E-state index in [0.29, 0.717) is 10.7 Å². The van der Waals surface area contributed by atoms with Gasteiger partial charge in [-0.05, 0) is 34.5 Å². The first-order valence-corrected chi connectivity index (χ1v) is 7.75. The van der Waals surface area contributed by atoms with E-state index in [-0.39, 0.29) is 19.0 Å². The number of hydrogen-bond acceptors (Lipinski definition) is 4. The zero-order valence-electron chi connectivity index (χ0n) is 11.1. The van der Waals surface area contributed by atoms with Crippen molar-refractivity contribution in [2.24, 2.45) is 0 Å². The third-order valence-corrected chi connectivity index (χ3v) is 4.13. The highest BCUT2D eigenvalue weighted by atomic mass is 35.5. The van der Waals surface area contributed by atoms with Crippen LogP contribution >= 0.6 is 22.9 Å². The fraction of sp³-hybridized carbons (Fsp3) is 0.125. The van der Waals surface area contributed by atoms with Crippen molar-refractivity contribution < 1.29 is 9.53 Å². The van der Waals surface area contributed by atoms with Crippen LogP contribution in [0.2, 0.25) is 5.15 Å². The lowest BCUT2D eigenvalue weighted by molar-refractivity contribution is -0.144. The number of hydrogen-bond donors (Lipinski definition) is 0. The molecular weight excluding hydrogens is 306 g/mol. The van der Waals surface area contributed by atoms with E-state index in [2.05, 4.69) is 4.98 Å². The fourth-order valence-electron chi connectivity index (χ4n) is 2.01. The first-order valence-electron chi connectivity index (χ1n) is 6.43. The number of esters is 1. The number of nitrogens with zero attached hydrogens (tertiary/aromatic N) is 1. The molecule has 0 saturated heterocycles. The number of aromatic nitrogens is 1. The smallest absolute Gasteiger partial charge is 0.310 e. The Balaban J connectivity index is 1.70. The molecule has 0 aliphatic rings. The highest BCUT2D eigenvalue weighted by molar-refractivity contribution is 7.07. The van der Waals surface area contributed by atoms with Gasteiger partial charge in [-0.2, -0.15) is 11.3 Å². The van der Waals surface area contributed by atoms with Gasteiger partial charge < -0.3 is 4.74 Å². The molecule has 0 bridgehead atoms. The predicted octanol–water partition coefficient (Wildman–Crippen LogP) is 4.24. The second-order valence-corrected chi connectivity index (χ2v) is 5.74. The normalized spacial score (nSPS) is 10.7. The maximum atomic E-state index is 11.8. The van der Waals surface area contributed by atoms with Crippen LogP contribution < -0.4 is 0 Å². The van der Waals surface area contributed by atoms with E-state index in [1.54, 1.807) is 11.3 Å². The molecule has 3 aromatic rings.